The van der Waals surface area contributed by atoms with Crippen LogP contribution in [0.3, 0.4) is 0 Å². The van der Waals surface area contributed by atoms with Gasteiger partial charge in [-0.05, 0) is 56.9 Å². The van der Waals surface area contributed by atoms with Crippen LogP contribution < -0.4 is 4.72 Å². The topological polar surface area (TPSA) is 79.4 Å². The minimum Gasteiger partial charge on any atom is -0.338 e. The number of amides is 1. The summed E-state index contributed by atoms with van der Waals surface area (Å²) >= 11 is 1.47. The van der Waals surface area contributed by atoms with Gasteiger partial charge in [-0.25, -0.2) is 22.5 Å². The van der Waals surface area contributed by atoms with Crippen LogP contribution in [0.4, 0.5) is 4.39 Å². The van der Waals surface area contributed by atoms with E-state index in [2.05, 4.69) is 16.6 Å². The SMILES string of the molecule is CCCCc1nc(C)c(C(=O)N2CCC(NS(=O)(=O)c3ccc(F)cc3)CC2)s1. The minimum absolute atomic E-state index is 0.0254. The summed E-state index contributed by atoms with van der Waals surface area (Å²) in [4.78, 5) is 19.9. The summed E-state index contributed by atoms with van der Waals surface area (Å²) < 4.78 is 40.6. The Balaban J connectivity index is 1.58. The standard InChI is InChI=1S/C20H26FN3O3S2/c1-3-4-5-18-22-14(2)19(28-18)20(25)24-12-10-16(11-13-24)23-29(26,27)17-8-6-15(21)7-9-17/h6-9,16,23H,3-5,10-13H2,1-2H3. The van der Waals surface area contributed by atoms with Crippen LogP contribution in [0.1, 0.15) is 53.0 Å². The lowest BCUT2D eigenvalue weighted by molar-refractivity contribution is 0.0715. The number of halogens is 1. The third-order valence-corrected chi connectivity index (χ3v) is 7.75. The van der Waals surface area contributed by atoms with E-state index < -0.39 is 15.8 Å². The largest absolute Gasteiger partial charge is 0.338 e. The average Bonchev–Trinajstić information content (AvgIpc) is 3.07. The van der Waals surface area contributed by atoms with E-state index in [0.717, 1.165) is 42.1 Å². The van der Waals surface area contributed by atoms with Crippen molar-refractivity contribution in [2.45, 2.75) is 56.9 Å². The van der Waals surface area contributed by atoms with Crippen molar-refractivity contribution >= 4 is 27.3 Å². The molecule has 1 saturated heterocycles. The molecule has 0 atom stereocenters. The fraction of sp³-hybridized carbons (Fsp3) is 0.500. The molecular formula is C20H26FN3O3S2. The van der Waals surface area contributed by atoms with Crippen molar-refractivity contribution in [1.29, 1.82) is 0 Å². The van der Waals surface area contributed by atoms with Gasteiger partial charge < -0.3 is 4.90 Å². The number of rotatable bonds is 7. The predicted octanol–water partition coefficient (Wildman–Crippen LogP) is 3.52. The molecule has 0 unspecified atom stereocenters. The number of sulfonamides is 1. The van der Waals surface area contributed by atoms with Crippen molar-refractivity contribution in [3.63, 3.8) is 0 Å². The molecule has 1 aliphatic rings. The highest BCUT2D eigenvalue weighted by molar-refractivity contribution is 7.89. The highest BCUT2D eigenvalue weighted by Gasteiger charge is 2.29. The van der Waals surface area contributed by atoms with Crippen molar-refractivity contribution in [2.75, 3.05) is 13.1 Å². The zero-order valence-electron chi connectivity index (χ0n) is 16.7. The van der Waals surface area contributed by atoms with E-state index in [9.17, 15) is 17.6 Å². The molecule has 0 aliphatic carbocycles. The van der Waals surface area contributed by atoms with Crippen LogP contribution in [0.5, 0.6) is 0 Å². The van der Waals surface area contributed by atoms with E-state index in [4.69, 9.17) is 0 Å². The molecule has 3 rings (SSSR count). The molecule has 9 heteroatoms. The number of carbonyl (C=O) groups is 1. The summed E-state index contributed by atoms with van der Waals surface area (Å²) in [5, 5.41) is 0.995. The molecule has 0 bridgehead atoms. The normalized spacial score (nSPS) is 15.6. The molecule has 6 nitrogen and oxygen atoms in total. The number of thiazole rings is 1. The van der Waals surface area contributed by atoms with Gasteiger partial charge in [0, 0.05) is 19.1 Å². The smallest absolute Gasteiger partial charge is 0.265 e. The van der Waals surface area contributed by atoms with Crippen LogP contribution in [0, 0.1) is 12.7 Å². The number of hydrogen-bond acceptors (Lipinski definition) is 5. The Hall–Kier alpha value is -1.84. The summed E-state index contributed by atoms with van der Waals surface area (Å²) in [6.07, 6.45) is 4.10. The maximum absolute atomic E-state index is 13.0. The number of carbonyl (C=O) groups excluding carboxylic acids is 1. The van der Waals surface area contributed by atoms with E-state index >= 15 is 0 Å². The summed E-state index contributed by atoms with van der Waals surface area (Å²) in [6.45, 7) is 4.96. The van der Waals surface area contributed by atoms with Gasteiger partial charge in [-0.1, -0.05) is 13.3 Å². The summed E-state index contributed by atoms with van der Waals surface area (Å²) in [7, 11) is -3.71. The van der Waals surface area contributed by atoms with Crippen LogP contribution in [0.2, 0.25) is 0 Å². The van der Waals surface area contributed by atoms with E-state index in [1.54, 1.807) is 4.90 Å². The van der Waals surface area contributed by atoms with Crippen LogP contribution in [-0.4, -0.2) is 43.3 Å². The van der Waals surface area contributed by atoms with E-state index in [-0.39, 0.29) is 16.8 Å². The first kappa shape index (κ1) is 21.9. The number of piperidine rings is 1. The highest BCUT2D eigenvalue weighted by atomic mass is 32.2. The number of aromatic nitrogens is 1. The minimum atomic E-state index is -3.71. The number of nitrogens with zero attached hydrogens (tertiary/aromatic N) is 2. The van der Waals surface area contributed by atoms with Crippen LogP contribution in [0.25, 0.3) is 0 Å². The third kappa shape index (κ3) is 5.40. The summed E-state index contributed by atoms with van der Waals surface area (Å²) in [5.74, 6) is -0.505. The van der Waals surface area contributed by atoms with Crippen molar-refractivity contribution < 1.29 is 17.6 Å². The summed E-state index contributed by atoms with van der Waals surface area (Å²) in [6, 6.07) is 4.50. The van der Waals surface area contributed by atoms with Gasteiger partial charge in [0.15, 0.2) is 0 Å². The molecular weight excluding hydrogens is 413 g/mol. The molecule has 2 heterocycles. The zero-order valence-corrected chi connectivity index (χ0v) is 18.3. The van der Waals surface area contributed by atoms with Crippen LogP contribution in [0.15, 0.2) is 29.2 Å². The van der Waals surface area contributed by atoms with Crippen LogP contribution >= 0.6 is 11.3 Å². The second-order valence-electron chi connectivity index (χ2n) is 7.27. The first-order valence-corrected chi connectivity index (χ1v) is 12.1. The molecule has 1 amide bonds. The number of benzene rings is 1. The Bertz CT molecular complexity index is 950. The van der Waals surface area contributed by atoms with E-state index in [1.165, 1.54) is 23.5 Å². The first-order valence-electron chi connectivity index (χ1n) is 9.83. The second-order valence-corrected chi connectivity index (χ2v) is 10.1. The molecule has 1 fully saturated rings. The molecule has 1 N–H and O–H groups in total. The molecule has 0 radical (unpaired) electrons. The van der Waals surface area contributed by atoms with Crippen molar-refractivity contribution in [3.05, 3.63) is 45.7 Å². The van der Waals surface area contributed by atoms with Gasteiger partial charge in [0.2, 0.25) is 10.0 Å². The Morgan fingerprint density at radius 1 is 1.28 bits per heavy atom. The fourth-order valence-electron chi connectivity index (χ4n) is 3.33. The lowest BCUT2D eigenvalue weighted by atomic mass is 10.1. The van der Waals surface area contributed by atoms with Crippen molar-refractivity contribution in [3.8, 4) is 0 Å². The number of unbranched alkanes of at least 4 members (excludes halogenated alkanes) is 1. The Morgan fingerprint density at radius 2 is 1.93 bits per heavy atom. The monoisotopic (exact) mass is 439 g/mol. The van der Waals surface area contributed by atoms with Crippen LogP contribution in [-0.2, 0) is 16.4 Å². The molecule has 29 heavy (non-hydrogen) atoms. The molecule has 158 valence electrons. The van der Waals surface area contributed by atoms with Gasteiger partial charge in [0.1, 0.15) is 10.7 Å². The zero-order chi connectivity index (χ0) is 21.0. The average molecular weight is 440 g/mol. The third-order valence-electron chi connectivity index (χ3n) is 5.01. The molecule has 0 saturated carbocycles. The number of likely N-dealkylation sites (tertiary alicyclic amines) is 1. The quantitative estimate of drug-likeness (QED) is 0.716. The second kappa shape index (κ2) is 9.32. The lowest BCUT2D eigenvalue weighted by Gasteiger charge is -2.32. The van der Waals surface area contributed by atoms with E-state index in [0.29, 0.717) is 30.8 Å². The van der Waals surface area contributed by atoms with Gasteiger partial charge >= 0.3 is 0 Å². The van der Waals surface area contributed by atoms with Gasteiger partial charge in [-0.2, -0.15) is 0 Å². The lowest BCUT2D eigenvalue weighted by Crippen LogP contribution is -2.46. The maximum Gasteiger partial charge on any atom is 0.265 e. The number of hydrogen-bond donors (Lipinski definition) is 1. The van der Waals surface area contributed by atoms with Gasteiger partial charge in [0.25, 0.3) is 5.91 Å². The molecule has 0 spiro atoms. The van der Waals surface area contributed by atoms with Crippen molar-refractivity contribution in [2.24, 2.45) is 0 Å². The van der Waals surface area contributed by atoms with Gasteiger partial charge in [-0.15, -0.1) is 11.3 Å². The van der Waals surface area contributed by atoms with Gasteiger partial charge in [0.05, 0.1) is 15.6 Å². The Morgan fingerprint density at radius 3 is 2.55 bits per heavy atom. The van der Waals surface area contributed by atoms with E-state index in [1.807, 2.05) is 6.92 Å². The molecule has 1 aromatic carbocycles. The number of nitrogens with one attached hydrogen (secondary N) is 1. The molecule has 1 aromatic heterocycles. The molecule has 2 aromatic rings. The Kier molecular flexibility index (Phi) is 7.02. The molecule has 1 aliphatic heterocycles. The Labute approximate surface area is 175 Å². The summed E-state index contributed by atoms with van der Waals surface area (Å²) in [5.41, 5.74) is 0.769. The first-order chi connectivity index (χ1) is 13.8. The number of aryl methyl sites for hydroxylation is 2. The highest BCUT2D eigenvalue weighted by Crippen LogP contribution is 2.24. The fourth-order valence-corrected chi connectivity index (χ4v) is 5.71. The van der Waals surface area contributed by atoms with Gasteiger partial charge in [-0.3, -0.25) is 4.79 Å². The van der Waals surface area contributed by atoms with Crippen molar-refractivity contribution in [1.82, 2.24) is 14.6 Å². The maximum atomic E-state index is 13.0. The predicted molar refractivity (Wildman–Crippen MR) is 111 cm³/mol.